The Kier molecular flexibility index (Phi) is 7.00. The zero-order valence-corrected chi connectivity index (χ0v) is 17.5. The van der Waals surface area contributed by atoms with Gasteiger partial charge in [0.25, 0.3) is 0 Å². The predicted octanol–water partition coefficient (Wildman–Crippen LogP) is 3.09. The van der Waals surface area contributed by atoms with Gasteiger partial charge in [-0.25, -0.2) is 0 Å². The molecule has 1 unspecified atom stereocenters. The number of ether oxygens (including phenoxy) is 1. The molecule has 1 aromatic rings. The van der Waals surface area contributed by atoms with Gasteiger partial charge in [0.2, 0.25) is 5.88 Å². The van der Waals surface area contributed by atoms with E-state index in [-0.39, 0.29) is 0 Å². The number of hydrogen-bond donors (Lipinski definition) is 0. The molecule has 4 rings (SSSR count). The number of hydroxylamine groups is 2. The lowest BCUT2D eigenvalue weighted by molar-refractivity contribution is -0.139. The molecule has 2 fully saturated rings. The first-order chi connectivity index (χ1) is 14.3. The van der Waals surface area contributed by atoms with E-state index in [0.717, 1.165) is 64.4 Å². The summed E-state index contributed by atoms with van der Waals surface area (Å²) in [7, 11) is 1.66. The maximum absolute atomic E-state index is 6.06. The van der Waals surface area contributed by atoms with Crippen molar-refractivity contribution in [3.8, 4) is 5.88 Å². The molecule has 7 nitrogen and oxygen atoms in total. The molecule has 1 saturated carbocycles. The zero-order valence-electron chi connectivity index (χ0n) is 17.5. The number of nitrogens with zero attached hydrogens (tertiary/aromatic N) is 5. The van der Waals surface area contributed by atoms with E-state index in [1.165, 1.54) is 25.0 Å². The van der Waals surface area contributed by atoms with Crippen LogP contribution in [0.15, 0.2) is 35.6 Å². The summed E-state index contributed by atoms with van der Waals surface area (Å²) in [5.74, 6) is 1.69. The lowest BCUT2D eigenvalue weighted by Crippen LogP contribution is -2.47. The van der Waals surface area contributed by atoms with E-state index in [1.54, 1.807) is 7.11 Å². The average Bonchev–Trinajstić information content (AvgIpc) is 2.79. The first-order valence-electron chi connectivity index (χ1n) is 11.0. The highest BCUT2D eigenvalue weighted by Crippen LogP contribution is 2.24. The third-order valence-corrected chi connectivity index (χ3v) is 6.03. The highest BCUT2D eigenvalue weighted by Gasteiger charge is 2.27. The number of methoxy groups -OCH3 is 1. The molecule has 2 aliphatic heterocycles. The molecule has 1 saturated heterocycles. The minimum absolute atomic E-state index is 0.368. The molecular formula is C22H33N5O2. The van der Waals surface area contributed by atoms with Crippen molar-refractivity contribution < 1.29 is 9.57 Å². The van der Waals surface area contributed by atoms with Crippen molar-refractivity contribution >= 4 is 11.5 Å². The Balaban J connectivity index is 1.12. The maximum Gasteiger partial charge on any atom is 0.214 e. The minimum atomic E-state index is 0.368. The SMILES string of the molecule is COc1cccc(N2CCN(CCCCON3C=CN=C4CCCCC43)CC2)n1. The normalized spacial score (nSPS) is 22.4. The smallest absolute Gasteiger partial charge is 0.214 e. The molecule has 0 amide bonds. The van der Waals surface area contributed by atoms with Crippen LogP contribution in [0.3, 0.4) is 0 Å². The number of pyridine rings is 1. The third kappa shape index (κ3) is 5.28. The Bertz CT molecular complexity index is 715. The van der Waals surface area contributed by atoms with E-state index in [0.29, 0.717) is 11.9 Å². The summed E-state index contributed by atoms with van der Waals surface area (Å²) in [4.78, 5) is 20.0. The van der Waals surface area contributed by atoms with Crippen LogP contribution in [-0.4, -0.2) is 73.1 Å². The molecule has 7 heteroatoms. The summed E-state index contributed by atoms with van der Waals surface area (Å²) in [5.41, 5.74) is 1.29. The molecule has 0 bridgehead atoms. The summed E-state index contributed by atoms with van der Waals surface area (Å²) >= 11 is 0. The second-order valence-corrected chi connectivity index (χ2v) is 7.95. The average molecular weight is 400 g/mol. The van der Waals surface area contributed by atoms with E-state index < -0.39 is 0 Å². The summed E-state index contributed by atoms with van der Waals surface area (Å²) in [6.07, 6.45) is 10.9. The van der Waals surface area contributed by atoms with Crippen molar-refractivity contribution in [3.05, 3.63) is 30.6 Å². The van der Waals surface area contributed by atoms with Crippen LogP contribution < -0.4 is 9.64 Å². The summed E-state index contributed by atoms with van der Waals surface area (Å²) < 4.78 is 5.24. The van der Waals surface area contributed by atoms with Gasteiger partial charge in [-0.1, -0.05) is 12.5 Å². The van der Waals surface area contributed by atoms with Crippen LogP contribution in [0.1, 0.15) is 38.5 Å². The highest BCUT2D eigenvalue weighted by atomic mass is 16.7. The number of fused-ring (bicyclic) bond motifs is 1. The molecule has 0 radical (unpaired) electrons. The third-order valence-electron chi connectivity index (χ3n) is 6.03. The van der Waals surface area contributed by atoms with Crippen LogP contribution in [-0.2, 0) is 4.84 Å². The second-order valence-electron chi connectivity index (χ2n) is 7.95. The largest absolute Gasteiger partial charge is 0.481 e. The van der Waals surface area contributed by atoms with Gasteiger partial charge in [-0.3, -0.25) is 19.8 Å². The second kappa shape index (κ2) is 10.1. The summed E-state index contributed by atoms with van der Waals surface area (Å²) in [5, 5.41) is 2.04. The van der Waals surface area contributed by atoms with Crippen LogP contribution in [0.25, 0.3) is 0 Å². The standard InChI is InChI=1S/C22H33N5O2/c1-28-22-10-6-9-21(24-22)26-16-14-25(15-17-26)12-4-5-18-29-27-13-11-23-19-7-2-3-8-20(19)27/h6,9-11,13,20H,2-5,7-8,12,14-18H2,1H3. The molecule has 1 aliphatic carbocycles. The Hall–Kier alpha value is -2.12. The first kappa shape index (κ1) is 20.2. The van der Waals surface area contributed by atoms with Gasteiger partial charge in [-0.2, -0.15) is 4.98 Å². The molecule has 1 atom stereocenters. The van der Waals surface area contributed by atoms with Crippen molar-refractivity contribution in [2.24, 2.45) is 4.99 Å². The number of rotatable bonds is 8. The van der Waals surface area contributed by atoms with Crippen molar-refractivity contribution in [3.63, 3.8) is 0 Å². The number of anilines is 1. The van der Waals surface area contributed by atoms with Crippen LogP contribution in [0.4, 0.5) is 5.82 Å². The van der Waals surface area contributed by atoms with E-state index in [9.17, 15) is 0 Å². The molecule has 0 spiro atoms. The topological polar surface area (TPSA) is 53.4 Å². The molecule has 29 heavy (non-hydrogen) atoms. The monoisotopic (exact) mass is 399 g/mol. The number of piperazine rings is 1. The van der Waals surface area contributed by atoms with E-state index >= 15 is 0 Å². The number of aliphatic imine (C=N–C) groups is 1. The van der Waals surface area contributed by atoms with Gasteiger partial charge >= 0.3 is 0 Å². The number of hydrogen-bond acceptors (Lipinski definition) is 7. The van der Waals surface area contributed by atoms with E-state index in [4.69, 9.17) is 9.57 Å². The fourth-order valence-corrected chi connectivity index (χ4v) is 4.34. The minimum Gasteiger partial charge on any atom is -0.481 e. The van der Waals surface area contributed by atoms with Gasteiger partial charge in [0.05, 0.1) is 19.8 Å². The van der Waals surface area contributed by atoms with Crippen molar-refractivity contribution in [2.75, 3.05) is 51.3 Å². The van der Waals surface area contributed by atoms with Gasteiger partial charge in [0.1, 0.15) is 5.82 Å². The summed E-state index contributed by atoms with van der Waals surface area (Å²) in [6.45, 7) is 6.10. The fraction of sp³-hybridized carbons (Fsp3) is 0.636. The summed E-state index contributed by atoms with van der Waals surface area (Å²) in [6, 6.07) is 6.33. The molecule has 1 aromatic heterocycles. The van der Waals surface area contributed by atoms with Crippen molar-refractivity contribution in [1.82, 2.24) is 14.9 Å². The van der Waals surface area contributed by atoms with Gasteiger partial charge in [0, 0.05) is 50.4 Å². The fourth-order valence-electron chi connectivity index (χ4n) is 4.34. The predicted molar refractivity (Wildman–Crippen MR) is 115 cm³/mol. The Morgan fingerprint density at radius 3 is 2.86 bits per heavy atom. The Labute approximate surface area is 174 Å². The van der Waals surface area contributed by atoms with Crippen molar-refractivity contribution in [2.45, 2.75) is 44.6 Å². The Morgan fingerprint density at radius 2 is 2.00 bits per heavy atom. The Morgan fingerprint density at radius 1 is 1.10 bits per heavy atom. The van der Waals surface area contributed by atoms with Crippen LogP contribution in [0.2, 0.25) is 0 Å². The van der Waals surface area contributed by atoms with Gasteiger partial charge in [-0.05, 0) is 44.7 Å². The van der Waals surface area contributed by atoms with Gasteiger partial charge in [0.15, 0.2) is 0 Å². The lowest BCUT2D eigenvalue weighted by Gasteiger charge is -2.36. The lowest BCUT2D eigenvalue weighted by atomic mass is 9.92. The molecule has 158 valence electrons. The highest BCUT2D eigenvalue weighted by molar-refractivity contribution is 5.91. The number of aromatic nitrogens is 1. The first-order valence-corrected chi connectivity index (χ1v) is 11.0. The van der Waals surface area contributed by atoms with Crippen LogP contribution >= 0.6 is 0 Å². The van der Waals surface area contributed by atoms with Gasteiger partial charge in [-0.15, -0.1) is 0 Å². The molecule has 3 aliphatic rings. The van der Waals surface area contributed by atoms with Gasteiger partial charge < -0.3 is 9.64 Å². The molecule has 0 aromatic carbocycles. The molecule has 0 N–H and O–H groups in total. The van der Waals surface area contributed by atoms with E-state index in [2.05, 4.69) is 25.8 Å². The quantitative estimate of drug-likeness (QED) is 0.626. The number of unbranched alkanes of at least 4 members (excludes halogenated alkanes) is 1. The molecule has 3 heterocycles. The molecular weight excluding hydrogens is 366 g/mol. The zero-order chi connectivity index (χ0) is 19.9. The maximum atomic E-state index is 6.06. The van der Waals surface area contributed by atoms with Crippen LogP contribution in [0, 0.1) is 0 Å². The van der Waals surface area contributed by atoms with Crippen molar-refractivity contribution in [1.29, 1.82) is 0 Å². The van der Waals surface area contributed by atoms with E-state index in [1.807, 2.05) is 29.6 Å². The van der Waals surface area contributed by atoms with Crippen LogP contribution in [0.5, 0.6) is 5.88 Å².